The number of aromatic nitrogens is 2. The third kappa shape index (κ3) is 4.45. The van der Waals surface area contributed by atoms with Gasteiger partial charge in [0.2, 0.25) is 0 Å². The molecule has 5 nitrogen and oxygen atoms in total. The fourth-order valence-electron chi connectivity index (χ4n) is 2.42. The van der Waals surface area contributed by atoms with E-state index in [1.54, 1.807) is 24.4 Å². The van der Waals surface area contributed by atoms with Gasteiger partial charge in [-0.05, 0) is 37.7 Å². The smallest absolute Gasteiger partial charge is 0.275 e. The fourth-order valence-corrected chi connectivity index (χ4v) is 3.58. The lowest BCUT2D eigenvalue weighted by Crippen LogP contribution is -2.16. The van der Waals surface area contributed by atoms with Gasteiger partial charge in [-0.25, -0.2) is 9.97 Å². The topological polar surface area (TPSA) is 64.1 Å². The van der Waals surface area contributed by atoms with Crippen LogP contribution in [-0.4, -0.2) is 33.5 Å². The summed E-state index contributed by atoms with van der Waals surface area (Å²) in [5, 5.41) is 3.29. The van der Waals surface area contributed by atoms with E-state index in [0.717, 1.165) is 5.69 Å². The Labute approximate surface area is 139 Å². The number of carbonyl (C=O) groups is 1. The number of pyridine rings is 2. The van der Waals surface area contributed by atoms with Crippen molar-refractivity contribution in [2.24, 2.45) is 0 Å². The van der Waals surface area contributed by atoms with Gasteiger partial charge in [0.1, 0.15) is 23.9 Å². The largest absolute Gasteiger partial charge is 0.492 e. The monoisotopic (exact) mass is 329 g/mol. The number of nitrogens with zero attached hydrogens (tertiary/aromatic N) is 2. The van der Waals surface area contributed by atoms with E-state index < -0.39 is 0 Å². The van der Waals surface area contributed by atoms with Crippen LogP contribution in [0.5, 0.6) is 5.75 Å². The van der Waals surface area contributed by atoms with E-state index >= 15 is 0 Å². The average Bonchev–Trinajstić information content (AvgIpc) is 3.07. The lowest BCUT2D eigenvalue weighted by Gasteiger charge is -2.12. The molecule has 0 spiro atoms. The molecule has 0 aromatic carbocycles. The van der Waals surface area contributed by atoms with Crippen molar-refractivity contribution in [3.05, 3.63) is 47.9 Å². The molecule has 2 aromatic heterocycles. The second-order valence-corrected chi connectivity index (χ2v) is 6.85. The predicted molar refractivity (Wildman–Crippen MR) is 92.1 cm³/mol. The molecule has 120 valence electrons. The summed E-state index contributed by atoms with van der Waals surface area (Å²) in [6.07, 6.45) is 4.08. The first-order valence-electron chi connectivity index (χ1n) is 7.66. The van der Waals surface area contributed by atoms with Gasteiger partial charge in [-0.1, -0.05) is 6.07 Å². The number of rotatable bonds is 5. The van der Waals surface area contributed by atoms with Gasteiger partial charge in [0.15, 0.2) is 0 Å². The quantitative estimate of drug-likeness (QED) is 0.912. The first-order chi connectivity index (χ1) is 11.2. The molecule has 3 rings (SSSR count). The SMILES string of the molecule is Cc1cc(OCC2CCCS2)cc(C(=O)Nc2ccccn2)n1. The molecule has 1 amide bonds. The number of thioether (sulfide) groups is 1. The highest BCUT2D eigenvalue weighted by atomic mass is 32.2. The van der Waals surface area contributed by atoms with Crippen LogP contribution in [-0.2, 0) is 0 Å². The normalized spacial score (nSPS) is 17.0. The van der Waals surface area contributed by atoms with Gasteiger partial charge in [-0.15, -0.1) is 0 Å². The maximum absolute atomic E-state index is 12.3. The van der Waals surface area contributed by atoms with Gasteiger partial charge in [0, 0.05) is 29.3 Å². The Morgan fingerprint density at radius 2 is 2.35 bits per heavy atom. The summed E-state index contributed by atoms with van der Waals surface area (Å²) in [6, 6.07) is 8.90. The summed E-state index contributed by atoms with van der Waals surface area (Å²) in [6.45, 7) is 2.53. The molecule has 2 aromatic rings. The lowest BCUT2D eigenvalue weighted by molar-refractivity contribution is 0.102. The summed E-state index contributed by atoms with van der Waals surface area (Å²) in [4.78, 5) is 20.7. The number of ether oxygens (including phenoxy) is 1. The van der Waals surface area contributed by atoms with Crippen LogP contribution in [0.25, 0.3) is 0 Å². The standard InChI is InChI=1S/C17H19N3O2S/c1-12-9-13(22-11-14-5-4-8-23-14)10-15(19-12)17(21)20-16-6-2-3-7-18-16/h2-3,6-7,9-10,14H,4-5,8,11H2,1H3,(H,18,20,21). The highest BCUT2D eigenvalue weighted by Crippen LogP contribution is 2.27. The zero-order valence-electron chi connectivity index (χ0n) is 13.0. The van der Waals surface area contributed by atoms with Crippen LogP contribution in [0.15, 0.2) is 36.5 Å². The number of hydrogen-bond acceptors (Lipinski definition) is 5. The van der Waals surface area contributed by atoms with Crippen LogP contribution < -0.4 is 10.1 Å². The molecule has 1 fully saturated rings. The Morgan fingerprint density at radius 3 is 3.09 bits per heavy atom. The molecule has 3 heterocycles. The molecule has 1 aliphatic rings. The highest BCUT2D eigenvalue weighted by Gasteiger charge is 2.17. The number of anilines is 1. The molecule has 1 N–H and O–H groups in total. The van der Waals surface area contributed by atoms with E-state index in [0.29, 0.717) is 29.1 Å². The van der Waals surface area contributed by atoms with Gasteiger partial charge < -0.3 is 10.1 Å². The third-order valence-electron chi connectivity index (χ3n) is 3.53. The summed E-state index contributed by atoms with van der Waals surface area (Å²) in [7, 11) is 0. The van der Waals surface area contributed by atoms with Gasteiger partial charge in [-0.2, -0.15) is 11.8 Å². The second kappa shape index (κ2) is 7.46. The molecule has 1 saturated heterocycles. The van der Waals surface area contributed by atoms with E-state index in [2.05, 4.69) is 15.3 Å². The van der Waals surface area contributed by atoms with Gasteiger partial charge in [0.25, 0.3) is 5.91 Å². The van der Waals surface area contributed by atoms with Crippen LogP contribution in [0, 0.1) is 6.92 Å². The van der Waals surface area contributed by atoms with E-state index in [-0.39, 0.29) is 5.91 Å². The fraction of sp³-hybridized carbons (Fsp3) is 0.353. The molecule has 1 atom stereocenters. The number of aryl methyl sites for hydroxylation is 1. The van der Waals surface area contributed by atoms with Gasteiger partial charge in [0.05, 0.1) is 0 Å². The van der Waals surface area contributed by atoms with Gasteiger partial charge in [-0.3, -0.25) is 4.79 Å². The summed E-state index contributed by atoms with van der Waals surface area (Å²) in [5.41, 5.74) is 1.09. The van der Waals surface area contributed by atoms with Crippen LogP contribution in [0.4, 0.5) is 5.82 Å². The molecule has 0 aliphatic carbocycles. The van der Waals surface area contributed by atoms with Crippen molar-refractivity contribution < 1.29 is 9.53 Å². The van der Waals surface area contributed by atoms with E-state index in [9.17, 15) is 4.79 Å². The summed E-state index contributed by atoms with van der Waals surface area (Å²) >= 11 is 1.95. The maximum Gasteiger partial charge on any atom is 0.275 e. The minimum atomic E-state index is -0.285. The molecule has 0 bridgehead atoms. The van der Waals surface area contributed by atoms with E-state index in [1.807, 2.05) is 30.8 Å². The molecule has 6 heteroatoms. The van der Waals surface area contributed by atoms with Crippen molar-refractivity contribution in [1.29, 1.82) is 0 Å². The number of carbonyl (C=O) groups excluding carboxylic acids is 1. The Bertz CT molecular complexity index is 673. The molecule has 1 aliphatic heterocycles. The Morgan fingerprint density at radius 1 is 1.43 bits per heavy atom. The van der Waals surface area contributed by atoms with Crippen molar-refractivity contribution in [2.45, 2.75) is 25.0 Å². The van der Waals surface area contributed by atoms with Crippen LogP contribution in [0.2, 0.25) is 0 Å². The molecule has 0 saturated carbocycles. The van der Waals surface area contributed by atoms with E-state index in [4.69, 9.17) is 4.74 Å². The first kappa shape index (κ1) is 15.8. The minimum Gasteiger partial charge on any atom is -0.492 e. The maximum atomic E-state index is 12.3. The van der Waals surface area contributed by atoms with Crippen molar-refractivity contribution in [2.75, 3.05) is 17.7 Å². The molecular formula is C17H19N3O2S. The molecule has 23 heavy (non-hydrogen) atoms. The molecule has 0 radical (unpaired) electrons. The number of hydrogen-bond donors (Lipinski definition) is 1. The summed E-state index contributed by atoms with van der Waals surface area (Å²) < 4.78 is 5.86. The van der Waals surface area contributed by atoms with Crippen LogP contribution >= 0.6 is 11.8 Å². The Kier molecular flexibility index (Phi) is 5.12. The van der Waals surface area contributed by atoms with Crippen molar-refractivity contribution >= 4 is 23.5 Å². The van der Waals surface area contributed by atoms with Crippen LogP contribution in [0.1, 0.15) is 29.0 Å². The third-order valence-corrected chi connectivity index (χ3v) is 4.89. The van der Waals surface area contributed by atoms with Crippen LogP contribution in [0.3, 0.4) is 0 Å². The lowest BCUT2D eigenvalue weighted by atomic mass is 10.2. The minimum absolute atomic E-state index is 0.285. The molecular weight excluding hydrogens is 310 g/mol. The van der Waals surface area contributed by atoms with Crippen molar-refractivity contribution in [3.8, 4) is 5.75 Å². The predicted octanol–water partition coefficient (Wildman–Crippen LogP) is 3.31. The Balaban J connectivity index is 1.67. The average molecular weight is 329 g/mol. The van der Waals surface area contributed by atoms with Gasteiger partial charge >= 0.3 is 0 Å². The van der Waals surface area contributed by atoms with E-state index in [1.165, 1.54) is 18.6 Å². The second-order valence-electron chi connectivity index (χ2n) is 5.44. The zero-order chi connectivity index (χ0) is 16.1. The highest BCUT2D eigenvalue weighted by molar-refractivity contribution is 8.00. The first-order valence-corrected chi connectivity index (χ1v) is 8.71. The van der Waals surface area contributed by atoms with Crippen molar-refractivity contribution in [3.63, 3.8) is 0 Å². The number of nitrogens with one attached hydrogen (secondary N) is 1. The molecule has 1 unspecified atom stereocenters. The van der Waals surface area contributed by atoms with Crippen molar-refractivity contribution in [1.82, 2.24) is 9.97 Å². The zero-order valence-corrected chi connectivity index (χ0v) is 13.8. The Hall–Kier alpha value is -2.08. The summed E-state index contributed by atoms with van der Waals surface area (Å²) in [5.74, 6) is 2.12. The number of amides is 1.